The van der Waals surface area contributed by atoms with E-state index in [9.17, 15) is 14.3 Å². The number of aliphatic hydroxyl groups is 1. The van der Waals surface area contributed by atoms with E-state index < -0.39 is 5.78 Å². The Labute approximate surface area is 140 Å². The quantitative estimate of drug-likeness (QED) is 0.418. The van der Waals surface area contributed by atoms with Gasteiger partial charge in [0.25, 0.3) is 0 Å². The fourth-order valence-electron chi connectivity index (χ4n) is 2.06. The number of nitrogens with one attached hydrogen (secondary N) is 1. The van der Waals surface area contributed by atoms with Gasteiger partial charge in [-0.2, -0.15) is 5.10 Å². The van der Waals surface area contributed by atoms with Crippen LogP contribution in [0.1, 0.15) is 27.5 Å². The average molecular weight is 348 g/mol. The van der Waals surface area contributed by atoms with Crippen LogP contribution in [0.25, 0.3) is 5.76 Å². The molecule has 0 saturated heterocycles. The number of hydrogen-bond donors (Lipinski definition) is 2. The first-order valence-corrected chi connectivity index (χ1v) is 7.24. The zero-order valence-corrected chi connectivity index (χ0v) is 12.9. The van der Waals surface area contributed by atoms with Crippen LogP contribution in [0.2, 0.25) is 5.22 Å². The molecule has 0 amide bonds. The molecule has 0 aliphatic carbocycles. The average Bonchev–Trinajstić information content (AvgIpc) is 3.20. The number of rotatable bonds is 5. The highest BCUT2D eigenvalue weighted by atomic mass is 35.5. The minimum absolute atomic E-state index is 0.0248. The topological polar surface area (TPSA) is 92.0 Å². The zero-order chi connectivity index (χ0) is 17.1. The van der Waals surface area contributed by atoms with E-state index in [2.05, 4.69) is 15.2 Å². The first kappa shape index (κ1) is 15.9. The molecule has 0 spiro atoms. The number of carbonyl (C=O) groups is 1. The largest absolute Gasteiger partial charge is 0.504 e. The van der Waals surface area contributed by atoms with Gasteiger partial charge in [0, 0.05) is 18.1 Å². The summed E-state index contributed by atoms with van der Waals surface area (Å²) in [5.41, 5.74) is 1.40. The number of allylic oxidation sites excluding steroid dienone is 1. The summed E-state index contributed by atoms with van der Waals surface area (Å²) < 4.78 is 18.2. The van der Waals surface area contributed by atoms with Gasteiger partial charge in [-0.1, -0.05) is 12.1 Å². The molecule has 122 valence electrons. The Morgan fingerprint density at radius 2 is 2.12 bits per heavy atom. The van der Waals surface area contributed by atoms with Gasteiger partial charge in [-0.05, 0) is 35.4 Å². The number of ketones is 1. The first-order valence-electron chi connectivity index (χ1n) is 6.86. The third kappa shape index (κ3) is 3.52. The van der Waals surface area contributed by atoms with Gasteiger partial charge in [-0.3, -0.25) is 9.89 Å². The molecule has 3 rings (SSSR count). The summed E-state index contributed by atoms with van der Waals surface area (Å²) in [4.78, 5) is 15.8. The minimum Gasteiger partial charge on any atom is -0.504 e. The second kappa shape index (κ2) is 6.67. The third-order valence-corrected chi connectivity index (χ3v) is 3.55. The van der Waals surface area contributed by atoms with Crippen LogP contribution >= 0.6 is 11.6 Å². The molecule has 6 nitrogen and oxygen atoms in total. The monoisotopic (exact) mass is 347 g/mol. The van der Waals surface area contributed by atoms with Crippen molar-refractivity contribution < 1.29 is 18.7 Å². The maximum atomic E-state index is 12.9. The summed E-state index contributed by atoms with van der Waals surface area (Å²) in [6, 6.07) is 7.41. The van der Waals surface area contributed by atoms with Gasteiger partial charge < -0.3 is 9.52 Å². The number of furan rings is 1. The Morgan fingerprint density at radius 1 is 1.38 bits per heavy atom. The van der Waals surface area contributed by atoms with E-state index in [1.165, 1.54) is 24.5 Å². The van der Waals surface area contributed by atoms with E-state index >= 15 is 0 Å². The summed E-state index contributed by atoms with van der Waals surface area (Å²) in [5.74, 6) is -1.24. The summed E-state index contributed by atoms with van der Waals surface area (Å²) in [7, 11) is 0. The van der Waals surface area contributed by atoms with Gasteiger partial charge in [0.05, 0.1) is 0 Å². The van der Waals surface area contributed by atoms with E-state index in [1.807, 2.05) is 0 Å². The summed E-state index contributed by atoms with van der Waals surface area (Å²) in [5, 5.41) is 15.8. The van der Waals surface area contributed by atoms with Crippen LogP contribution in [0.15, 0.2) is 47.2 Å². The van der Waals surface area contributed by atoms with Crippen LogP contribution in [0.4, 0.5) is 4.39 Å². The van der Waals surface area contributed by atoms with Crippen molar-refractivity contribution in [3.8, 4) is 0 Å². The van der Waals surface area contributed by atoms with Gasteiger partial charge in [0.1, 0.15) is 12.1 Å². The van der Waals surface area contributed by atoms with Gasteiger partial charge in [-0.15, -0.1) is 0 Å². The minimum atomic E-state index is -0.573. The lowest BCUT2D eigenvalue weighted by Crippen LogP contribution is -1.96. The van der Waals surface area contributed by atoms with E-state index in [1.54, 1.807) is 12.1 Å². The normalized spacial score (nSPS) is 11.7. The van der Waals surface area contributed by atoms with Crippen molar-refractivity contribution >= 4 is 23.1 Å². The Morgan fingerprint density at radius 3 is 2.79 bits per heavy atom. The summed E-state index contributed by atoms with van der Waals surface area (Å²) >= 11 is 6.00. The first-order chi connectivity index (χ1) is 11.5. The fraction of sp³-hybridized carbons (Fsp3) is 0.0625. The van der Waals surface area contributed by atoms with Crippen molar-refractivity contribution in [2.24, 2.45) is 0 Å². The number of nitrogens with zero attached hydrogens (tertiary/aromatic N) is 2. The van der Waals surface area contributed by atoms with E-state index in [0.717, 1.165) is 11.6 Å². The Kier molecular flexibility index (Phi) is 4.43. The molecule has 2 N–H and O–H groups in total. The van der Waals surface area contributed by atoms with Crippen LogP contribution in [0.3, 0.4) is 0 Å². The second-order valence-corrected chi connectivity index (χ2v) is 5.28. The predicted octanol–water partition coefficient (Wildman–Crippen LogP) is 3.56. The van der Waals surface area contributed by atoms with Crippen molar-refractivity contribution in [2.45, 2.75) is 6.42 Å². The highest BCUT2D eigenvalue weighted by Crippen LogP contribution is 2.25. The summed E-state index contributed by atoms with van der Waals surface area (Å²) in [6.45, 7) is 0. The molecule has 0 fully saturated rings. The van der Waals surface area contributed by atoms with E-state index in [0.29, 0.717) is 12.0 Å². The SMILES string of the molecule is O=C(C=C(O)c1ncn[nH]1)c1cc(Cc2ccc(F)cc2)c(Cl)o1. The highest BCUT2D eigenvalue weighted by Gasteiger charge is 2.16. The molecule has 24 heavy (non-hydrogen) atoms. The highest BCUT2D eigenvalue weighted by molar-refractivity contribution is 6.30. The molecule has 1 aromatic carbocycles. The molecule has 0 bridgehead atoms. The molecule has 0 radical (unpaired) electrons. The molecule has 0 aliphatic heterocycles. The van der Waals surface area contributed by atoms with Crippen molar-refractivity contribution in [3.05, 3.63) is 76.5 Å². The summed E-state index contributed by atoms with van der Waals surface area (Å²) in [6.07, 6.45) is 2.54. The van der Waals surface area contributed by atoms with Crippen LogP contribution in [0.5, 0.6) is 0 Å². The van der Waals surface area contributed by atoms with Crippen molar-refractivity contribution in [3.63, 3.8) is 0 Å². The van der Waals surface area contributed by atoms with Crippen molar-refractivity contribution in [1.82, 2.24) is 15.2 Å². The number of hydrogen-bond acceptors (Lipinski definition) is 5. The van der Waals surface area contributed by atoms with Crippen LogP contribution in [-0.4, -0.2) is 26.1 Å². The van der Waals surface area contributed by atoms with E-state index in [-0.39, 0.29) is 28.4 Å². The molecule has 2 heterocycles. The van der Waals surface area contributed by atoms with Gasteiger partial charge in [-0.25, -0.2) is 9.37 Å². The number of aliphatic hydroxyl groups excluding tert-OH is 1. The van der Waals surface area contributed by atoms with Gasteiger partial charge in [0.15, 0.2) is 22.6 Å². The third-order valence-electron chi connectivity index (χ3n) is 3.23. The molecule has 8 heteroatoms. The number of aromatic amines is 1. The van der Waals surface area contributed by atoms with Crippen LogP contribution in [-0.2, 0) is 6.42 Å². The van der Waals surface area contributed by atoms with E-state index in [4.69, 9.17) is 16.0 Å². The van der Waals surface area contributed by atoms with Crippen molar-refractivity contribution in [1.29, 1.82) is 0 Å². The number of carbonyl (C=O) groups excluding carboxylic acids is 1. The fourth-order valence-corrected chi connectivity index (χ4v) is 2.27. The number of benzene rings is 1. The Balaban J connectivity index is 1.79. The molecule has 3 aromatic rings. The zero-order valence-electron chi connectivity index (χ0n) is 12.2. The van der Waals surface area contributed by atoms with Crippen molar-refractivity contribution in [2.75, 3.05) is 0 Å². The lowest BCUT2D eigenvalue weighted by atomic mass is 10.1. The van der Waals surface area contributed by atoms with Gasteiger partial charge in [0.2, 0.25) is 5.78 Å². The maximum Gasteiger partial charge on any atom is 0.224 e. The second-order valence-electron chi connectivity index (χ2n) is 4.94. The number of aromatic nitrogens is 3. The Hall–Kier alpha value is -2.93. The number of H-pyrrole nitrogens is 1. The number of halogens is 2. The maximum absolute atomic E-state index is 12.9. The smallest absolute Gasteiger partial charge is 0.224 e. The lowest BCUT2D eigenvalue weighted by molar-refractivity contribution is 0.102. The van der Waals surface area contributed by atoms with Crippen LogP contribution < -0.4 is 0 Å². The molecule has 0 unspecified atom stereocenters. The lowest BCUT2D eigenvalue weighted by Gasteiger charge is -1.98. The predicted molar refractivity (Wildman–Crippen MR) is 84.2 cm³/mol. The molecular formula is C16H11ClFN3O3. The molecule has 0 aliphatic rings. The van der Waals surface area contributed by atoms with Crippen LogP contribution in [0, 0.1) is 5.82 Å². The standard InChI is InChI=1S/C16H11ClFN3O3/c17-15-10(5-9-1-3-11(18)4-2-9)6-14(24-15)12(22)7-13(23)16-19-8-20-21-16/h1-4,6-8,23H,5H2,(H,19,20,21). The Bertz CT molecular complexity index is 886. The van der Waals surface area contributed by atoms with Gasteiger partial charge >= 0.3 is 0 Å². The molecular weight excluding hydrogens is 337 g/mol. The molecule has 2 aromatic heterocycles. The molecule has 0 saturated carbocycles. The molecule has 0 atom stereocenters.